The number of carbonyl (C=O) groups excluding carboxylic acids is 1. The van der Waals surface area contributed by atoms with Gasteiger partial charge in [-0.15, -0.1) is 4.40 Å². The normalized spacial score (nSPS) is 23.0. The molecule has 1 heterocycles. The number of hydrogen-bond donors (Lipinski definition) is 6. The minimum atomic E-state index is -3.62. The lowest BCUT2D eigenvalue weighted by Gasteiger charge is -2.39. The molecule has 4 rings (SSSR count). The zero-order chi connectivity index (χ0) is 22.4. The first-order chi connectivity index (χ1) is 14.7. The molecule has 163 valence electrons. The largest absolute Gasteiger partial charge is 0.506 e. The zero-order valence-corrected chi connectivity index (χ0v) is 17.9. The van der Waals surface area contributed by atoms with Crippen LogP contribution in [0.5, 0.6) is 0 Å². The van der Waals surface area contributed by atoms with Crippen molar-refractivity contribution >= 4 is 33.8 Å². The first-order valence-corrected chi connectivity index (χ1v) is 11.4. The van der Waals surface area contributed by atoms with Gasteiger partial charge in [0.05, 0.1) is 5.69 Å². The Bertz CT molecular complexity index is 1110. The van der Waals surface area contributed by atoms with E-state index >= 15 is 0 Å². The molecule has 9 heteroatoms. The molecule has 0 aromatic heterocycles. The topological polar surface area (TPSA) is 134 Å². The fraction of sp³-hybridized carbons (Fsp3) is 0.273. The molecule has 0 saturated carbocycles. The molecule has 1 radical (unpaired) electrons. The van der Waals surface area contributed by atoms with Crippen LogP contribution < -0.4 is 10.8 Å². The van der Waals surface area contributed by atoms with Crippen molar-refractivity contribution in [3.8, 4) is 0 Å². The van der Waals surface area contributed by atoms with Crippen molar-refractivity contribution in [2.75, 3.05) is 5.32 Å². The Balaban J connectivity index is 1.91. The smallest absolute Gasteiger partial charge is 0.197 e. The van der Waals surface area contributed by atoms with Crippen LogP contribution >= 0.6 is 10.8 Å². The Morgan fingerprint density at radius 1 is 1.26 bits per heavy atom. The van der Waals surface area contributed by atoms with Crippen LogP contribution in [0, 0.1) is 12.0 Å². The van der Waals surface area contributed by atoms with Crippen molar-refractivity contribution in [2.24, 2.45) is 10.3 Å². The second-order valence-corrected chi connectivity index (χ2v) is 9.71. The Labute approximate surface area is 181 Å². The van der Waals surface area contributed by atoms with E-state index in [1.54, 1.807) is 36.4 Å². The van der Waals surface area contributed by atoms with Crippen LogP contribution in [0.2, 0.25) is 0 Å². The van der Waals surface area contributed by atoms with Crippen LogP contribution in [-0.4, -0.2) is 31.0 Å². The highest BCUT2D eigenvalue weighted by atomic mass is 32.3. The number of nitrogens with zero attached hydrogens (tertiary/aromatic N) is 1. The lowest BCUT2D eigenvalue weighted by molar-refractivity contribution is -0.127. The molecule has 0 amide bonds. The number of carbonyl (C=O) groups is 1. The van der Waals surface area contributed by atoms with E-state index in [2.05, 4.69) is 21.3 Å². The van der Waals surface area contributed by atoms with E-state index in [4.69, 9.17) is 0 Å². The molecule has 1 atom stereocenters. The molecule has 1 unspecified atom stereocenters. The van der Waals surface area contributed by atoms with Crippen LogP contribution in [0.15, 0.2) is 57.3 Å². The number of hydrogen-bond acceptors (Lipinski definition) is 8. The molecular formula is C22H24N3O5S. The van der Waals surface area contributed by atoms with Gasteiger partial charge in [-0.3, -0.25) is 13.9 Å². The summed E-state index contributed by atoms with van der Waals surface area (Å²) in [7, 11) is -3.62. The number of fused-ring (bicyclic) bond motifs is 2. The van der Waals surface area contributed by atoms with Crippen LogP contribution in [0.25, 0.3) is 5.76 Å². The molecule has 6 N–H and O–H groups in total. The van der Waals surface area contributed by atoms with Crippen LogP contribution in [0.4, 0.5) is 5.69 Å². The fourth-order valence-corrected chi connectivity index (χ4v) is 5.09. The SMILES string of the molecule is CC(C)CCC1(NO)C(=O)C(C2=NS(O)(O)c3c[c]ccc3N2)=C(O)c2ccccc21. The van der Waals surface area contributed by atoms with Gasteiger partial charge in [-0.05, 0) is 42.5 Å². The number of amidine groups is 1. The molecule has 0 saturated heterocycles. The second-order valence-electron chi connectivity index (χ2n) is 8.05. The van der Waals surface area contributed by atoms with E-state index < -0.39 is 22.1 Å². The molecule has 2 aliphatic rings. The van der Waals surface area contributed by atoms with Gasteiger partial charge in [0.15, 0.2) is 11.6 Å². The van der Waals surface area contributed by atoms with Crippen molar-refractivity contribution in [3.63, 3.8) is 0 Å². The maximum absolute atomic E-state index is 13.8. The Morgan fingerprint density at radius 3 is 2.71 bits per heavy atom. The van der Waals surface area contributed by atoms with E-state index in [1.807, 2.05) is 13.8 Å². The van der Waals surface area contributed by atoms with E-state index in [9.17, 15) is 24.2 Å². The standard InChI is InChI=1S/C22H24N3O5S/c1-13(2)11-12-22(25-28)15-8-4-3-7-14(15)19(26)18(20(22)27)21-23-16-9-5-6-10-17(16)31(29,30)24-21/h3-5,7-10,13,25-26,28-30H,11-12H2,1-2H3,(H,23,24). The highest BCUT2D eigenvalue weighted by Gasteiger charge is 2.49. The third-order valence-electron chi connectivity index (χ3n) is 5.61. The second kappa shape index (κ2) is 7.77. The van der Waals surface area contributed by atoms with E-state index in [1.165, 1.54) is 6.07 Å². The van der Waals surface area contributed by atoms with E-state index in [-0.39, 0.29) is 34.4 Å². The number of anilines is 1. The molecule has 1 aliphatic carbocycles. The molecule has 2 aromatic carbocycles. The molecule has 0 fully saturated rings. The number of aliphatic hydroxyl groups excluding tert-OH is 1. The van der Waals surface area contributed by atoms with Crippen molar-refractivity contribution < 1.29 is 24.2 Å². The Morgan fingerprint density at radius 2 is 2.00 bits per heavy atom. The highest BCUT2D eigenvalue weighted by molar-refractivity contribution is 8.23. The summed E-state index contributed by atoms with van der Waals surface area (Å²) in [5.74, 6) is -0.865. The van der Waals surface area contributed by atoms with Crippen LogP contribution in [-0.2, 0) is 10.3 Å². The van der Waals surface area contributed by atoms with Gasteiger partial charge < -0.3 is 15.6 Å². The lowest BCUT2D eigenvalue weighted by atomic mass is 9.71. The summed E-state index contributed by atoms with van der Waals surface area (Å²) in [5, 5.41) is 24.2. The summed E-state index contributed by atoms with van der Waals surface area (Å²) in [6, 6.07) is 14.1. The third kappa shape index (κ3) is 3.44. The van der Waals surface area contributed by atoms with Gasteiger partial charge in [-0.25, -0.2) is 0 Å². The lowest BCUT2D eigenvalue weighted by Crippen LogP contribution is -2.52. The van der Waals surface area contributed by atoms with Crippen molar-refractivity contribution in [1.29, 1.82) is 0 Å². The minimum Gasteiger partial charge on any atom is -0.506 e. The molecule has 0 spiro atoms. The third-order valence-corrected chi connectivity index (χ3v) is 6.98. The minimum absolute atomic E-state index is 0.147. The first kappa shape index (κ1) is 21.5. The summed E-state index contributed by atoms with van der Waals surface area (Å²) in [6.07, 6.45) is 0.887. The summed E-state index contributed by atoms with van der Waals surface area (Å²) < 4.78 is 25.1. The molecular weight excluding hydrogens is 418 g/mol. The van der Waals surface area contributed by atoms with Gasteiger partial charge in [0, 0.05) is 5.56 Å². The maximum Gasteiger partial charge on any atom is 0.197 e. The number of benzene rings is 2. The average molecular weight is 443 g/mol. The Kier molecular flexibility index (Phi) is 5.40. The molecule has 8 nitrogen and oxygen atoms in total. The van der Waals surface area contributed by atoms with Crippen LogP contribution in [0.1, 0.15) is 37.8 Å². The average Bonchev–Trinajstić information content (AvgIpc) is 2.74. The monoisotopic (exact) mass is 442 g/mol. The zero-order valence-electron chi connectivity index (χ0n) is 17.1. The van der Waals surface area contributed by atoms with Gasteiger partial charge in [0.25, 0.3) is 0 Å². The number of aliphatic hydroxyl groups is 1. The van der Waals surface area contributed by atoms with Gasteiger partial charge >= 0.3 is 0 Å². The summed E-state index contributed by atoms with van der Waals surface area (Å²) in [6.45, 7) is 4.02. The molecule has 31 heavy (non-hydrogen) atoms. The highest BCUT2D eigenvalue weighted by Crippen LogP contribution is 2.56. The van der Waals surface area contributed by atoms with Gasteiger partial charge in [0.1, 0.15) is 21.8 Å². The number of ketones is 1. The number of nitrogens with one attached hydrogen (secondary N) is 2. The van der Waals surface area contributed by atoms with Gasteiger partial charge in [-0.1, -0.05) is 55.0 Å². The summed E-state index contributed by atoms with van der Waals surface area (Å²) >= 11 is 0. The van der Waals surface area contributed by atoms with Crippen molar-refractivity contribution in [3.05, 3.63) is 65.2 Å². The fourth-order valence-electron chi connectivity index (χ4n) is 3.96. The van der Waals surface area contributed by atoms with Gasteiger partial charge in [-0.2, -0.15) is 5.48 Å². The summed E-state index contributed by atoms with van der Waals surface area (Å²) in [4.78, 5) is 13.9. The number of rotatable bonds is 5. The predicted molar refractivity (Wildman–Crippen MR) is 119 cm³/mol. The quantitative estimate of drug-likeness (QED) is 0.375. The van der Waals surface area contributed by atoms with E-state index in [0.29, 0.717) is 23.2 Å². The number of hydroxylamine groups is 1. The maximum atomic E-state index is 13.8. The first-order valence-electron chi connectivity index (χ1n) is 9.86. The van der Waals surface area contributed by atoms with Crippen LogP contribution in [0.3, 0.4) is 0 Å². The molecule has 0 bridgehead atoms. The molecule has 1 aliphatic heterocycles. The van der Waals surface area contributed by atoms with E-state index in [0.717, 1.165) is 0 Å². The number of Topliss-reactive ketones (excluding diaryl/α,β-unsaturated/α-hetero) is 1. The van der Waals surface area contributed by atoms with Gasteiger partial charge in [0.2, 0.25) is 0 Å². The Hall–Kier alpha value is -2.69. The van der Waals surface area contributed by atoms with Crippen molar-refractivity contribution in [1.82, 2.24) is 5.48 Å². The molecule has 2 aromatic rings. The predicted octanol–water partition coefficient (Wildman–Crippen LogP) is 4.50. The van der Waals surface area contributed by atoms with Crippen molar-refractivity contribution in [2.45, 2.75) is 37.1 Å². The summed E-state index contributed by atoms with van der Waals surface area (Å²) in [5.41, 5.74) is 1.63.